The molecule has 1 aromatic rings. The van der Waals surface area contributed by atoms with Gasteiger partial charge in [0.25, 0.3) is 17.7 Å². The van der Waals surface area contributed by atoms with Crippen molar-refractivity contribution < 1.29 is 18.8 Å². The molecule has 3 rings (SSSR count). The Morgan fingerprint density at radius 2 is 1.85 bits per heavy atom. The molecule has 2 heterocycles. The van der Waals surface area contributed by atoms with Gasteiger partial charge >= 0.3 is 0 Å². The van der Waals surface area contributed by atoms with Crippen molar-refractivity contribution in [2.24, 2.45) is 11.8 Å². The van der Waals surface area contributed by atoms with E-state index in [0.717, 1.165) is 30.7 Å². The number of aryl methyl sites for hydroxylation is 1. The average Bonchev–Trinajstić information content (AvgIpc) is 2.97. The maximum atomic E-state index is 12.2. The number of fused-ring (bicyclic) bond motifs is 1. The van der Waals surface area contributed by atoms with E-state index in [4.69, 9.17) is 4.42 Å². The van der Waals surface area contributed by atoms with Crippen molar-refractivity contribution in [3.8, 4) is 0 Å². The highest BCUT2D eigenvalue weighted by atomic mass is 16.3. The lowest BCUT2D eigenvalue weighted by atomic mass is 9.81. The second-order valence-corrected chi connectivity index (χ2v) is 5.34. The van der Waals surface area contributed by atoms with Gasteiger partial charge in [-0.15, -0.1) is 0 Å². The second kappa shape index (κ2) is 4.77. The van der Waals surface area contributed by atoms with E-state index in [2.05, 4.69) is 5.43 Å². The van der Waals surface area contributed by atoms with Crippen LogP contribution in [0.2, 0.25) is 0 Å². The van der Waals surface area contributed by atoms with Crippen LogP contribution >= 0.6 is 0 Å². The molecule has 0 radical (unpaired) electrons. The minimum absolute atomic E-state index is 0.262. The third kappa shape index (κ3) is 1.92. The summed E-state index contributed by atoms with van der Waals surface area (Å²) in [6.45, 7) is 1.66. The van der Waals surface area contributed by atoms with Crippen molar-refractivity contribution >= 4 is 17.7 Å². The van der Waals surface area contributed by atoms with Crippen LogP contribution in [-0.4, -0.2) is 22.7 Å². The highest BCUT2D eigenvalue weighted by Crippen LogP contribution is 2.37. The number of carbonyl (C=O) groups excluding carboxylic acids is 3. The van der Waals surface area contributed by atoms with Crippen LogP contribution in [0.3, 0.4) is 0 Å². The van der Waals surface area contributed by atoms with Gasteiger partial charge in [-0.1, -0.05) is 12.8 Å². The Morgan fingerprint density at radius 3 is 2.35 bits per heavy atom. The lowest BCUT2D eigenvalue weighted by molar-refractivity contribution is -0.142. The van der Waals surface area contributed by atoms with E-state index < -0.39 is 5.91 Å². The predicted octanol–water partition coefficient (Wildman–Crippen LogP) is 1.41. The van der Waals surface area contributed by atoms with Crippen LogP contribution < -0.4 is 5.43 Å². The molecule has 0 spiro atoms. The number of nitrogens with zero attached hydrogens (tertiary/aromatic N) is 1. The molecule has 1 aliphatic carbocycles. The van der Waals surface area contributed by atoms with Crippen molar-refractivity contribution in [2.45, 2.75) is 32.6 Å². The van der Waals surface area contributed by atoms with Gasteiger partial charge in [-0.05, 0) is 25.8 Å². The summed E-state index contributed by atoms with van der Waals surface area (Å²) < 4.78 is 5.05. The number of furan rings is 1. The zero-order valence-electron chi connectivity index (χ0n) is 11.2. The summed E-state index contributed by atoms with van der Waals surface area (Å²) in [4.78, 5) is 36.5. The summed E-state index contributed by atoms with van der Waals surface area (Å²) in [5.74, 6) is -1.12. The molecule has 1 saturated carbocycles. The summed E-state index contributed by atoms with van der Waals surface area (Å²) in [6, 6.07) is 1.52. The van der Waals surface area contributed by atoms with E-state index in [1.165, 1.54) is 12.3 Å². The highest BCUT2D eigenvalue weighted by molar-refractivity contribution is 6.07. The third-order valence-electron chi connectivity index (χ3n) is 4.16. The van der Waals surface area contributed by atoms with Crippen LogP contribution in [0.1, 0.15) is 41.8 Å². The monoisotopic (exact) mass is 276 g/mol. The average molecular weight is 276 g/mol. The van der Waals surface area contributed by atoms with Crippen LogP contribution in [0.5, 0.6) is 0 Å². The smallest absolute Gasteiger partial charge is 0.273 e. The summed E-state index contributed by atoms with van der Waals surface area (Å²) in [5, 5.41) is 0.898. The molecule has 0 unspecified atom stereocenters. The van der Waals surface area contributed by atoms with Gasteiger partial charge in [-0.2, -0.15) is 5.01 Å². The summed E-state index contributed by atoms with van der Waals surface area (Å²) in [7, 11) is 0. The molecule has 1 N–H and O–H groups in total. The molecule has 20 heavy (non-hydrogen) atoms. The standard InChI is InChI=1S/C14H16N2O4/c1-8-9(6-7-20-8)12(17)15-16-13(18)10-4-2-3-5-11(10)14(16)19/h6-7,10-11H,2-5H2,1H3,(H,15,17)/t10-,11-/m1/s1. The van der Waals surface area contributed by atoms with Gasteiger partial charge in [0.15, 0.2) is 0 Å². The number of carbonyl (C=O) groups is 3. The molecule has 2 atom stereocenters. The fourth-order valence-electron chi connectivity index (χ4n) is 3.05. The Hall–Kier alpha value is -2.11. The van der Waals surface area contributed by atoms with E-state index >= 15 is 0 Å². The second-order valence-electron chi connectivity index (χ2n) is 5.34. The molecule has 1 aromatic heterocycles. The molecule has 2 aliphatic rings. The first-order valence-corrected chi connectivity index (χ1v) is 6.82. The maximum absolute atomic E-state index is 12.2. The van der Waals surface area contributed by atoms with Crippen molar-refractivity contribution in [3.05, 3.63) is 23.7 Å². The first-order chi connectivity index (χ1) is 9.59. The van der Waals surface area contributed by atoms with E-state index in [1.54, 1.807) is 6.92 Å². The molecule has 1 aliphatic heterocycles. The topological polar surface area (TPSA) is 79.6 Å². The molecule has 0 aromatic carbocycles. The molecular formula is C14H16N2O4. The number of rotatable bonds is 2. The Kier molecular flexibility index (Phi) is 3.08. The first kappa shape index (κ1) is 12.9. The predicted molar refractivity (Wildman–Crippen MR) is 68.2 cm³/mol. The van der Waals surface area contributed by atoms with Gasteiger partial charge in [0.1, 0.15) is 5.76 Å². The van der Waals surface area contributed by atoms with Crippen molar-refractivity contribution in [1.82, 2.24) is 10.4 Å². The van der Waals surface area contributed by atoms with Crippen molar-refractivity contribution in [2.75, 3.05) is 0 Å². The number of hydrogen-bond donors (Lipinski definition) is 1. The van der Waals surface area contributed by atoms with E-state index in [0.29, 0.717) is 11.3 Å². The zero-order valence-corrected chi connectivity index (χ0v) is 11.2. The molecule has 106 valence electrons. The lowest BCUT2D eigenvalue weighted by Crippen LogP contribution is -2.46. The third-order valence-corrected chi connectivity index (χ3v) is 4.16. The van der Waals surface area contributed by atoms with Gasteiger partial charge in [0, 0.05) is 0 Å². The Morgan fingerprint density at radius 1 is 1.25 bits per heavy atom. The normalized spacial score (nSPS) is 25.8. The van der Waals surface area contributed by atoms with E-state index in [-0.39, 0.29) is 23.7 Å². The highest BCUT2D eigenvalue weighted by Gasteiger charge is 2.49. The molecule has 1 saturated heterocycles. The van der Waals surface area contributed by atoms with Crippen LogP contribution in [-0.2, 0) is 9.59 Å². The van der Waals surface area contributed by atoms with Crippen LogP contribution in [0.15, 0.2) is 16.7 Å². The molecule has 6 heteroatoms. The molecule has 6 nitrogen and oxygen atoms in total. The minimum atomic E-state index is -0.489. The van der Waals surface area contributed by atoms with Gasteiger partial charge in [0.05, 0.1) is 23.7 Å². The van der Waals surface area contributed by atoms with Gasteiger partial charge in [0.2, 0.25) is 0 Å². The van der Waals surface area contributed by atoms with Crippen molar-refractivity contribution in [3.63, 3.8) is 0 Å². The molecule has 3 amide bonds. The van der Waals surface area contributed by atoms with Gasteiger partial charge < -0.3 is 4.42 Å². The quantitative estimate of drug-likeness (QED) is 0.828. The number of hydrogen-bond acceptors (Lipinski definition) is 4. The lowest BCUT2D eigenvalue weighted by Gasteiger charge is -2.19. The Bertz CT molecular complexity index is 553. The minimum Gasteiger partial charge on any atom is -0.469 e. The number of nitrogens with one attached hydrogen (secondary N) is 1. The molecule has 2 fully saturated rings. The molecular weight excluding hydrogens is 260 g/mol. The van der Waals surface area contributed by atoms with Gasteiger partial charge in [-0.3, -0.25) is 19.8 Å². The van der Waals surface area contributed by atoms with Gasteiger partial charge in [-0.25, -0.2) is 0 Å². The Labute approximate surface area is 116 Å². The molecule has 0 bridgehead atoms. The first-order valence-electron chi connectivity index (χ1n) is 6.82. The number of amides is 3. The van der Waals surface area contributed by atoms with Crippen LogP contribution in [0.4, 0.5) is 0 Å². The van der Waals surface area contributed by atoms with Crippen LogP contribution in [0, 0.1) is 18.8 Å². The SMILES string of the molecule is Cc1occc1C(=O)NN1C(=O)[C@@H]2CCCC[C@H]2C1=O. The summed E-state index contributed by atoms with van der Waals surface area (Å²) >= 11 is 0. The summed E-state index contributed by atoms with van der Waals surface area (Å²) in [5.41, 5.74) is 2.75. The zero-order chi connectivity index (χ0) is 14.3. The largest absolute Gasteiger partial charge is 0.469 e. The van der Waals surface area contributed by atoms with E-state index in [1.807, 2.05) is 0 Å². The van der Waals surface area contributed by atoms with E-state index in [9.17, 15) is 14.4 Å². The number of hydrazine groups is 1. The summed E-state index contributed by atoms with van der Waals surface area (Å²) in [6.07, 6.45) is 4.78. The number of imide groups is 1. The fraction of sp³-hybridized carbons (Fsp3) is 0.500. The van der Waals surface area contributed by atoms with Crippen LogP contribution in [0.25, 0.3) is 0 Å². The Balaban J connectivity index is 1.77. The fourth-order valence-corrected chi connectivity index (χ4v) is 3.05. The maximum Gasteiger partial charge on any atom is 0.273 e. The van der Waals surface area contributed by atoms with Crippen molar-refractivity contribution in [1.29, 1.82) is 0 Å².